The van der Waals surface area contributed by atoms with Crippen molar-refractivity contribution in [1.82, 2.24) is 0 Å². The molecule has 1 amide bonds. The highest BCUT2D eigenvalue weighted by molar-refractivity contribution is 8.01. The summed E-state index contributed by atoms with van der Waals surface area (Å²) in [6.07, 6.45) is 3.90. The van der Waals surface area contributed by atoms with Crippen LogP contribution in [0.1, 0.15) is 37.3 Å². The summed E-state index contributed by atoms with van der Waals surface area (Å²) >= 11 is 1.49. The summed E-state index contributed by atoms with van der Waals surface area (Å²) in [4.78, 5) is 14.6. The van der Waals surface area contributed by atoms with Gasteiger partial charge in [-0.1, -0.05) is 85.6 Å². The molecule has 0 saturated carbocycles. The van der Waals surface area contributed by atoms with E-state index in [9.17, 15) is 13.2 Å². The smallest absolute Gasteiger partial charge is 0.270 e. The van der Waals surface area contributed by atoms with E-state index in [1.165, 1.54) is 11.8 Å². The second kappa shape index (κ2) is 11.5. The molecular formula is C28H31NO3S2. The van der Waals surface area contributed by atoms with Crippen LogP contribution >= 0.6 is 11.8 Å². The number of amides is 1. The number of carbonyl (C=O) groups excluding carboxylic acids is 1. The number of hydrogen-bond acceptors (Lipinski definition) is 4. The highest BCUT2D eigenvalue weighted by Crippen LogP contribution is 2.44. The molecule has 0 radical (unpaired) electrons. The van der Waals surface area contributed by atoms with Crippen molar-refractivity contribution < 1.29 is 13.2 Å². The maximum absolute atomic E-state index is 14.5. The van der Waals surface area contributed by atoms with Gasteiger partial charge >= 0.3 is 0 Å². The monoisotopic (exact) mass is 493 g/mol. The minimum absolute atomic E-state index is 0.0782. The van der Waals surface area contributed by atoms with Crippen molar-refractivity contribution in [3.63, 3.8) is 0 Å². The Labute approximate surface area is 207 Å². The Morgan fingerprint density at radius 2 is 1.56 bits per heavy atom. The summed E-state index contributed by atoms with van der Waals surface area (Å²) in [7, 11) is -4.17. The molecular weight excluding hydrogens is 462 g/mol. The maximum Gasteiger partial charge on any atom is 0.270 e. The zero-order chi connectivity index (χ0) is 24.6. The van der Waals surface area contributed by atoms with E-state index >= 15 is 0 Å². The number of rotatable bonds is 11. The third kappa shape index (κ3) is 5.45. The minimum atomic E-state index is -4.17. The third-order valence-electron chi connectivity index (χ3n) is 5.60. The van der Waals surface area contributed by atoms with Crippen molar-refractivity contribution in [3.05, 3.63) is 109 Å². The molecule has 178 valence electrons. The van der Waals surface area contributed by atoms with Gasteiger partial charge in [0.05, 0.1) is 10.6 Å². The lowest BCUT2D eigenvalue weighted by Gasteiger charge is -2.36. The Balaban J connectivity index is 2.24. The van der Waals surface area contributed by atoms with Gasteiger partial charge in [-0.15, -0.1) is 18.3 Å². The molecule has 4 nitrogen and oxygen atoms in total. The molecule has 1 unspecified atom stereocenters. The summed E-state index contributed by atoms with van der Waals surface area (Å²) < 4.78 is 27.8. The van der Waals surface area contributed by atoms with Crippen LogP contribution in [0.4, 0.5) is 5.69 Å². The van der Waals surface area contributed by atoms with Crippen LogP contribution in [0.5, 0.6) is 0 Å². The lowest BCUT2D eigenvalue weighted by atomic mass is 9.93. The zero-order valence-corrected chi connectivity index (χ0v) is 21.3. The predicted octanol–water partition coefficient (Wildman–Crippen LogP) is 6.72. The molecule has 0 saturated heterocycles. The number of para-hydroxylation sites is 1. The van der Waals surface area contributed by atoms with Crippen LogP contribution in [-0.2, 0) is 19.6 Å². The van der Waals surface area contributed by atoms with E-state index in [4.69, 9.17) is 0 Å². The van der Waals surface area contributed by atoms with Gasteiger partial charge < -0.3 is 0 Å². The van der Waals surface area contributed by atoms with Crippen molar-refractivity contribution in [1.29, 1.82) is 0 Å². The number of aryl methyl sites for hydroxylation is 1. The topological polar surface area (TPSA) is 54.5 Å². The minimum Gasteiger partial charge on any atom is -0.271 e. The number of thioether (sulfide) groups is 1. The molecule has 0 fully saturated rings. The van der Waals surface area contributed by atoms with Gasteiger partial charge in [-0.2, -0.15) is 0 Å². The lowest BCUT2D eigenvalue weighted by Crippen LogP contribution is -2.48. The van der Waals surface area contributed by atoms with E-state index in [0.29, 0.717) is 12.1 Å². The number of allylic oxidation sites excluding steroid dienone is 1. The second-order valence-corrected chi connectivity index (χ2v) is 11.3. The van der Waals surface area contributed by atoms with Gasteiger partial charge in [0.25, 0.3) is 15.9 Å². The molecule has 3 aromatic rings. The first-order valence-electron chi connectivity index (χ1n) is 11.4. The van der Waals surface area contributed by atoms with Crippen LogP contribution in [0.25, 0.3) is 0 Å². The van der Waals surface area contributed by atoms with E-state index in [-0.39, 0.29) is 4.90 Å². The molecule has 0 bridgehead atoms. The van der Waals surface area contributed by atoms with Crippen LogP contribution in [0.3, 0.4) is 0 Å². The summed E-state index contributed by atoms with van der Waals surface area (Å²) in [5.41, 5.74) is 2.02. The first kappa shape index (κ1) is 25.8. The lowest BCUT2D eigenvalue weighted by molar-refractivity contribution is -0.119. The highest BCUT2D eigenvalue weighted by Gasteiger charge is 2.46. The quantitative estimate of drug-likeness (QED) is 0.220. The second-order valence-electron chi connectivity index (χ2n) is 8.11. The summed E-state index contributed by atoms with van der Waals surface area (Å²) in [6, 6.07) is 24.6. The molecule has 3 aromatic carbocycles. The van der Waals surface area contributed by atoms with Crippen molar-refractivity contribution >= 4 is 33.4 Å². The number of carbonyl (C=O) groups is 1. The van der Waals surface area contributed by atoms with Crippen LogP contribution in [0, 0.1) is 6.92 Å². The maximum atomic E-state index is 14.5. The Bertz CT molecular complexity index is 1190. The number of benzene rings is 3. The first-order valence-corrected chi connectivity index (χ1v) is 13.8. The van der Waals surface area contributed by atoms with Crippen molar-refractivity contribution in [3.8, 4) is 0 Å². The molecule has 0 N–H and O–H groups in total. The van der Waals surface area contributed by atoms with E-state index in [1.54, 1.807) is 60.7 Å². The fraction of sp³-hybridized carbons (Fsp3) is 0.250. The molecule has 34 heavy (non-hydrogen) atoms. The van der Waals surface area contributed by atoms with Gasteiger partial charge in [0.15, 0.2) is 0 Å². The average molecular weight is 494 g/mol. The number of anilines is 1. The van der Waals surface area contributed by atoms with Gasteiger partial charge in [-0.05, 0) is 55.3 Å². The van der Waals surface area contributed by atoms with Gasteiger partial charge in [0, 0.05) is 0 Å². The number of unbranched alkanes of at least 4 members (excludes halogenated alkanes) is 1. The van der Waals surface area contributed by atoms with Crippen molar-refractivity contribution in [2.75, 3.05) is 10.1 Å². The Morgan fingerprint density at radius 1 is 0.971 bits per heavy atom. The zero-order valence-electron chi connectivity index (χ0n) is 19.7. The normalized spacial score (nSPS) is 13.1. The molecule has 0 aromatic heterocycles. The number of nitrogens with zero attached hydrogens (tertiary/aromatic N) is 1. The van der Waals surface area contributed by atoms with Gasteiger partial charge in [-0.25, -0.2) is 12.7 Å². The third-order valence-corrected chi connectivity index (χ3v) is 8.89. The van der Waals surface area contributed by atoms with E-state index in [1.807, 2.05) is 37.3 Å². The van der Waals surface area contributed by atoms with E-state index in [0.717, 1.165) is 34.0 Å². The molecule has 0 aliphatic heterocycles. The Morgan fingerprint density at radius 3 is 2.12 bits per heavy atom. The highest BCUT2D eigenvalue weighted by atomic mass is 32.2. The average Bonchev–Trinajstić information content (AvgIpc) is 2.85. The molecule has 3 rings (SSSR count). The van der Waals surface area contributed by atoms with E-state index < -0.39 is 20.7 Å². The van der Waals surface area contributed by atoms with Gasteiger partial charge in [-0.3, -0.25) is 4.79 Å². The Hall–Kier alpha value is -2.83. The first-order chi connectivity index (χ1) is 16.4. The largest absolute Gasteiger partial charge is 0.271 e. The Kier molecular flexibility index (Phi) is 8.75. The SMILES string of the molecule is C=CCC(SCCCC)(C(=O)N(c1ccccc1)S(=O)(=O)c1ccc(C)cc1)c1ccccc1. The number of sulfonamides is 1. The van der Waals surface area contributed by atoms with Crippen LogP contribution in [0.2, 0.25) is 0 Å². The van der Waals surface area contributed by atoms with Crippen molar-refractivity contribution in [2.45, 2.75) is 42.8 Å². The van der Waals surface area contributed by atoms with Crippen LogP contribution in [0.15, 0.2) is 102 Å². The van der Waals surface area contributed by atoms with Gasteiger partial charge in [0.1, 0.15) is 4.75 Å². The summed E-state index contributed by atoms with van der Waals surface area (Å²) in [5.74, 6) is 0.226. The van der Waals surface area contributed by atoms with Crippen LogP contribution < -0.4 is 4.31 Å². The fourth-order valence-corrected chi connectivity index (χ4v) is 6.80. The number of hydrogen-bond donors (Lipinski definition) is 0. The molecule has 1 atom stereocenters. The van der Waals surface area contributed by atoms with Gasteiger partial charge in [0.2, 0.25) is 0 Å². The molecule has 0 heterocycles. The summed E-state index contributed by atoms with van der Waals surface area (Å²) in [6.45, 7) is 7.90. The molecule has 0 aliphatic rings. The van der Waals surface area contributed by atoms with Crippen molar-refractivity contribution in [2.24, 2.45) is 0 Å². The summed E-state index contributed by atoms with van der Waals surface area (Å²) in [5, 5.41) is 0. The van der Waals surface area contributed by atoms with Crippen LogP contribution in [-0.4, -0.2) is 20.1 Å². The molecule has 0 aliphatic carbocycles. The predicted molar refractivity (Wildman–Crippen MR) is 143 cm³/mol. The molecule has 0 spiro atoms. The standard InChI is InChI=1S/C28H31NO3S2/c1-4-6-22-33-28(21-5-2,24-13-9-7-10-14-24)27(30)29(25-15-11-8-12-16-25)34(31,32)26-19-17-23(3)18-20-26/h5,7-20H,2,4,6,21-22H2,1,3H3. The fourth-order valence-electron chi connectivity index (χ4n) is 3.74. The molecule has 6 heteroatoms. The van der Waals surface area contributed by atoms with E-state index in [2.05, 4.69) is 13.5 Å².